The average Bonchev–Trinajstić information content (AvgIpc) is 2.85. The number of allylic oxidation sites excluding steroid dienone is 1. The van der Waals surface area contributed by atoms with E-state index < -0.39 is 0 Å². The van der Waals surface area contributed by atoms with Crippen molar-refractivity contribution in [2.24, 2.45) is 11.8 Å². The zero-order valence-electron chi connectivity index (χ0n) is 13.1. The largest absolute Gasteiger partial charge is 0.396 e. The zero-order chi connectivity index (χ0) is 14.4. The molecule has 0 aromatic heterocycles. The van der Waals surface area contributed by atoms with Gasteiger partial charge in [0.15, 0.2) is 6.29 Å². The van der Waals surface area contributed by atoms with Crippen molar-refractivity contribution in [3.05, 3.63) is 11.1 Å². The molecule has 0 bridgehead atoms. The number of hydrogen-bond donors (Lipinski definition) is 1. The minimum absolute atomic E-state index is 0.0121. The van der Waals surface area contributed by atoms with E-state index in [9.17, 15) is 0 Å². The number of aliphatic hydroxyl groups excluding tert-OH is 1. The van der Waals surface area contributed by atoms with Crippen LogP contribution in [0.25, 0.3) is 0 Å². The van der Waals surface area contributed by atoms with Gasteiger partial charge in [-0.15, -0.1) is 0 Å². The lowest BCUT2D eigenvalue weighted by Gasteiger charge is -2.26. The Labute approximate surface area is 123 Å². The Hall–Kier alpha value is -0.380. The molecule has 1 heterocycles. The van der Waals surface area contributed by atoms with Crippen LogP contribution in [-0.4, -0.2) is 31.2 Å². The third-order valence-electron chi connectivity index (χ3n) is 4.89. The summed E-state index contributed by atoms with van der Waals surface area (Å²) in [7, 11) is 0. The van der Waals surface area contributed by atoms with E-state index in [2.05, 4.69) is 13.8 Å². The molecule has 0 radical (unpaired) electrons. The van der Waals surface area contributed by atoms with Gasteiger partial charge in [-0.1, -0.05) is 12.5 Å². The summed E-state index contributed by atoms with van der Waals surface area (Å²) in [4.78, 5) is 0. The monoisotopic (exact) mass is 282 g/mol. The summed E-state index contributed by atoms with van der Waals surface area (Å²) in [5.74, 6) is 1.29. The van der Waals surface area contributed by atoms with E-state index in [1.165, 1.54) is 36.8 Å². The van der Waals surface area contributed by atoms with Crippen LogP contribution in [0.3, 0.4) is 0 Å². The lowest BCUT2D eigenvalue weighted by molar-refractivity contribution is -0.157. The molecule has 2 rings (SSSR count). The quantitative estimate of drug-likeness (QED) is 0.724. The van der Waals surface area contributed by atoms with Crippen LogP contribution < -0.4 is 0 Å². The second kappa shape index (κ2) is 8.16. The van der Waals surface area contributed by atoms with Crippen molar-refractivity contribution in [3.8, 4) is 0 Å². The van der Waals surface area contributed by atoms with Gasteiger partial charge < -0.3 is 14.6 Å². The van der Waals surface area contributed by atoms with E-state index in [1.54, 1.807) is 0 Å². The maximum Gasteiger partial charge on any atom is 0.158 e. The zero-order valence-corrected chi connectivity index (χ0v) is 13.1. The van der Waals surface area contributed by atoms with Crippen molar-refractivity contribution in [2.75, 3.05) is 19.8 Å². The second-order valence-electron chi connectivity index (χ2n) is 6.40. The molecule has 3 nitrogen and oxygen atoms in total. The first-order valence-corrected chi connectivity index (χ1v) is 8.25. The van der Waals surface area contributed by atoms with Crippen LogP contribution in [0.15, 0.2) is 11.1 Å². The summed E-state index contributed by atoms with van der Waals surface area (Å²) in [6.45, 7) is 6.46. The highest BCUT2D eigenvalue weighted by atomic mass is 16.7. The van der Waals surface area contributed by atoms with Crippen molar-refractivity contribution in [1.82, 2.24) is 0 Å². The van der Waals surface area contributed by atoms with Crippen LogP contribution >= 0.6 is 0 Å². The highest BCUT2D eigenvalue weighted by Crippen LogP contribution is 2.38. The summed E-state index contributed by atoms with van der Waals surface area (Å²) >= 11 is 0. The van der Waals surface area contributed by atoms with Gasteiger partial charge in [0.1, 0.15) is 0 Å². The molecule has 1 fully saturated rings. The molecule has 1 saturated heterocycles. The maximum absolute atomic E-state index is 9.00. The molecule has 1 aliphatic heterocycles. The Kier molecular flexibility index (Phi) is 6.53. The highest BCUT2D eigenvalue weighted by molar-refractivity contribution is 5.22. The van der Waals surface area contributed by atoms with Gasteiger partial charge >= 0.3 is 0 Å². The fourth-order valence-corrected chi connectivity index (χ4v) is 3.52. The van der Waals surface area contributed by atoms with Gasteiger partial charge in [-0.05, 0) is 69.3 Å². The summed E-state index contributed by atoms with van der Waals surface area (Å²) < 4.78 is 11.6. The fraction of sp³-hybridized carbons (Fsp3) is 0.882. The number of ether oxygens (including phenoxy) is 2. The molecule has 0 amide bonds. The number of hydrogen-bond acceptors (Lipinski definition) is 3. The topological polar surface area (TPSA) is 38.7 Å². The Morgan fingerprint density at radius 1 is 1.35 bits per heavy atom. The molecule has 20 heavy (non-hydrogen) atoms. The van der Waals surface area contributed by atoms with Crippen LogP contribution in [0.2, 0.25) is 0 Å². The molecular weight excluding hydrogens is 252 g/mol. The standard InChI is InChI=1S/C17H30O3/c1-13(6-5-10-18)15-9-8-14(2)16(15)12-20-17-7-3-4-11-19-17/h13,15,17-18H,3-12H2,1-2H3/t13-,15-,17?/m0/s1. The summed E-state index contributed by atoms with van der Waals surface area (Å²) in [5.41, 5.74) is 3.02. The number of aliphatic hydroxyl groups is 1. The van der Waals surface area contributed by atoms with E-state index >= 15 is 0 Å². The minimum Gasteiger partial charge on any atom is -0.396 e. The van der Waals surface area contributed by atoms with E-state index in [4.69, 9.17) is 14.6 Å². The first-order valence-electron chi connectivity index (χ1n) is 8.25. The molecule has 3 heteroatoms. The Morgan fingerprint density at radius 2 is 2.20 bits per heavy atom. The van der Waals surface area contributed by atoms with E-state index in [0.29, 0.717) is 18.4 Å². The molecule has 2 aliphatic rings. The van der Waals surface area contributed by atoms with Gasteiger partial charge in [-0.3, -0.25) is 0 Å². The summed E-state index contributed by atoms with van der Waals surface area (Å²) in [6, 6.07) is 0. The fourth-order valence-electron chi connectivity index (χ4n) is 3.52. The maximum atomic E-state index is 9.00. The van der Waals surface area contributed by atoms with Crippen molar-refractivity contribution in [2.45, 2.75) is 65.1 Å². The molecule has 0 aromatic rings. The van der Waals surface area contributed by atoms with Crippen molar-refractivity contribution in [3.63, 3.8) is 0 Å². The molecule has 1 aliphatic carbocycles. The molecule has 0 saturated carbocycles. The first-order chi connectivity index (χ1) is 9.72. The predicted molar refractivity (Wildman–Crippen MR) is 80.5 cm³/mol. The van der Waals surface area contributed by atoms with Gasteiger partial charge in [0.2, 0.25) is 0 Å². The molecule has 3 atom stereocenters. The first kappa shape index (κ1) is 16.0. The van der Waals surface area contributed by atoms with Crippen molar-refractivity contribution in [1.29, 1.82) is 0 Å². The van der Waals surface area contributed by atoms with Gasteiger partial charge in [0, 0.05) is 13.2 Å². The van der Waals surface area contributed by atoms with E-state index in [1.807, 2.05) is 0 Å². The van der Waals surface area contributed by atoms with Gasteiger partial charge in [0.25, 0.3) is 0 Å². The Bertz CT molecular complexity index is 318. The van der Waals surface area contributed by atoms with Crippen LogP contribution in [0.5, 0.6) is 0 Å². The molecule has 1 N–H and O–H groups in total. The third-order valence-corrected chi connectivity index (χ3v) is 4.89. The Morgan fingerprint density at radius 3 is 2.90 bits per heavy atom. The van der Waals surface area contributed by atoms with Crippen LogP contribution in [-0.2, 0) is 9.47 Å². The Balaban J connectivity index is 1.84. The van der Waals surface area contributed by atoms with E-state index in [-0.39, 0.29) is 6.29 Å². The SMILES string of the molecule is CC1=C(COC2CCCCO2)[C@H]([C@@H](C)CCCO)CC1. The smallest absolute Gasteiger partial charge is 0.158 e. The minimum atomic E-state index is 0.0121. The normalized spacial score (nSPS) is 28.9. The summed E-state index contributed by atoms with van der Waals surface area (Å²) in [5, 5.41) is 9.00. The lowest BCUT2D eigenvalue weighted by Crippen LogP contribution is -2.25. The highest BCUT2D eigenvalue weighted by Gasteiger charge is 2.28. The van der Waals surface area contributed by atoms with Crippen LogP contribution in [0, 0.1) is 11.8 Å². The van der Waals surface area contributed by atoms with Gasteiger partial charge in [0.05, 0.1) is 6.61 Å². The van der Waals surface area contributed by atoms with Gasteiger partial charge in [-0.2, -0.15) is 0 Å². The molecule has 0 aromatic carbocycles. The van der Waals surface area contributed by atoms with Gasteiger partial charge in [-0.25, -0.2) is 0 Å². The van der Waals surface area contributed by atoms with Crippen molar-refractivity contribution >= 4 is 0 Å². The second-order valence-corrected chi connectivity index (χ2v) is 6.40. The van der Waals surface area contributed by atoms with Crippen molar-refractivity contribution < 1.29 is 14.6 Å². The molecule has 1 unspecified atom stereocenters. The predicted octanol–water partition coefficient (Wildman–Crippen LogP) is 3.66. The molecule has 0 spiro atoms. The number of rotatable bonds is 7. The third kappa shape index (κ3) is 4.31. The molecule has 116 valence electrons. The molecular formula is C17H30O3. The summed E-state index contributed by atoms with van der Waals surface area (Å²) in [6.07, 6.45) is 7.92. The van der Waals surface area contributed by atoms with Crippen LogP contribution in [0.4, 0.5) is 0 Å². The average molecular weight is 282 g/mol. The van der Waals surface area contributed by atoms with E-state index in [0.717, 1.165) is 32.5 Å². The lowest BCUT2D eigenvalue weighted by atomic mass is 9.85. The van der Waals surface area contributed by atoms with Crippen LogP contribution in [0.1, 0.15) is 58.8 Å².